The van der Waals surface area contributed by atoms with Gasteiger partial charge in [0.2, 0.25) is 0 Å². The SMILES string of the molecule is CC(C)(C)/C(C#CC=O)=C/C#CC1(C(C)(C)C)SCCS1. The molecule has 21 heavy (non-hydrogen) atoms. The number of aldehydes is 1. The van der Waals surface area contributed by atoms with Gasteiger partial charge in [0.1, 0.15) is 4.08 Å². The first-order valence-electron chi connectivity index (χ1n) is 7.09. The highest BCUT2D eigenvalue weighted by Gasteiger charge is 2.44. The van der Waals surface area contributed by atoms with Crippen LogP contribution in [-0.4, -0.2) is 21.9 Å². The molecule has 0 saturated carbocycles. The first-order chi connectivity index (χ1) is 9.62. The molecule has 1 rings (SSSR count). The number of hydrogen-bond acceptors (Lipinski definition) is 3. The Morgan fingerprint density at radius 1 is 1.05 bits per heavy atom. The van der Waals surface area contributed by atoms with E-state index < -0.39 is 0 Å². The first-order valence-corrected chi connectivity index (χ1v) is 9.06. The maximum Gasteiger partial charge on any atom is 0.193 e. The van der Waals surface area contributed by atoms with E-state index in [9.17, 15) is 4.79 Å². The minimum absolute atomic E-state index is 0.0510. The van der Waals surface area contributed by atoms with E-state index in [2.05, 4.69) is 65.2 Å². The van der Waals surface area contributed by atoms with Crippen LogP contribution in [0.2, 0.25) is 0 Å². The molecule has 0 amide bonds. The minimum Gasteiger partial charge on any atom is -0.289 e. The molecule has 1 saturated heterocycles. The van der Waals surface area contributed by atoms with Gasteiger partial charge in [0.15, 0.2) is 6.29 Å². The number of thioether (sulfide) groups is 2. The predicted octanol–water partition coefficient (Wildman–Crippen LogP) is 4.39. The van der Waals surface area contributed by atoms with Crippen LogP contribution < -0.4 is 0 Å². The van der Waals surface area contributed by atoms with E-state index in [-0.39, 0.29) is 14.9 Å². The van der Waals surface area contributed by atoms with E-state index in [1.807, 2.05) is 29.6 Å². The Hall–Kier alpha value is -0.770. The average molecular weight is 321 g/mol. The van der Waals surface area contributed by atoms with Crippen molar-refractivity contribution in [1.29, 1.82) is 0 Å². The third-order valence-corrected chi connectivity index (χ3v) is 7.23. The van der Waals surface area contributed by atoms with Gasteiger partial charge in [0.05, 0.1) is 0 Å². The van der Waals surface area contributed by atoms with Crippen LogP contribution in [-0.2, 0) is 4.79 Å². The van der Waals surface area contributed by atoms with Crippen molar-refractivity contribution < 1.29 is 4.79 Å². The Kier molecular flexibility index (Phi) is 6.09. The zero-order valence-corrected chi connectivity index (χ0v) is 15.4. The third-order valence-electron chi connectivity index (χ3n) is 3.21. The van der Waals surface area contributed by atoms with E-state index >= 15 is 0 Å². The van der Waals surface area contributed by atoms with E-state index in [0.29, 0.717) is 6.29 Å². The van der Waals surface area contributed by atoms with E-state index in [4.69, 9.17) is 0 Å². The smallest absolute Gasteiger partial charge is 0.193 e. The van der Waals surface area contributed by atoms with Crippen LogP contribution in [0.15, 0.2) is 11.6 Å². The summed E-state index contributed by atoms with van der Waals surface area (Å²) in [6, 6.07) is 0. The Labute approximate surface area is 138 Å². The summed E-state index contributed by atoms with van der Waals surface area (Å²) in [7, 11) is 0. The lowest BCUT2D eigenvalue weighted by Crippen LogP contribution is -2.32. The van der Waals surface area contributed by atoms with Crippen LogP contribution in [0.25, 0.3) is 0 Å². The molecule has 0 bridgehead atoms. The van der Waals surface area contributed by atoms with Crippen molar-refractivity contribution in [3.63, 3.8) is 0 Å². The summed E-state index contributed by atoms with van der Waals surface area (Å²) in [6.07, 6.45) is 2.51. The molecule has 0 aromatic rings. The lowest BCUT2D eigenvalue weighted by molar-refractivity contribution is -0.103. The van der Waals surface area contributed by atoms with Crippen molar-refractivity contribution >= 4 is 29.8 Å². The summed E-state index contributed by atoms with van der Waals surface area (Å²) in [4.78, 5) is 10.5. The van der Waals surface area contributed by atoms with Gasteiger partial charge in [-0.2, -0.15) is 0 Å². The Bertz CT molecular complexity index is 530. The highest BCUT2D eigenvalue weighted by molar-refractivity contribution is 8.21. The second-order valence-electron chi connectivity index (χ2n) is 7.03. The maximum absolute atomic E-state index is 10.5. The predicted molar refractivity (Wildman–Crippen MR) is 96.3 cm³/mol. The minimum atomic E-state index is -0.102. The lowest BCUT2D eigenvalue weighted by atomic mass is 9.86. The van der Waals surface area contributed by atoms with Gasteiger partial charge in [-0.3, -0.25) is 4.79 Å². The fraction of sp³-hybridized carbons (Fsp3) is 0.611. The van der Waals surface area contributed by atoms with Crippen molar-refractivity contribution in [1.82, 2.24) is 0 Å². The Morgan fingerprint density at radius 2 is 1.62 bits per heavy atom. The molecule has 114 valence electrons. The standard InChI is InChI=1S/C18H24OS2/c1-16(2,3)15(10-8-12-19)9-7-11-18(17(4,5)6)20-13-14-21-18/h9,12H,13-14H2,1-6H3/b15-9+. The fourth-order valence-electron chi connectivity index (χ4n) is 1.86. The molecule has 1 nitrogen and oxygen atoms in total. The van der Waals surface area contributed by atoms with Crippen LogP contribution in [0.5, 0.6) is 0 Å². The number of carbonyl (C=O) groups excluding carboxylic acids is 1. The number of rotatable bonds is 0. The molecular weight excluding hydrogens is 296 g/mol. The summed E-state index contributed by atoms with van der Waals surface area (Å²) >= 11 is 3.88. The molecule has 1 fully saturated rings. The molecule has 1 aliphatic heterocycles. The molecule has 1 aliphatic rings. The lowest BCUT2D eigenvalue weighted by Gasteiger charge is -2.35. The number of carbonyl (C=O) groups is 1. The van der Waals surface area contributed by atoms with Gasteiger partial charge in [-0.05, 0) is 16.8 Å². The van der Waals surface area contributed by atoms with Gasteiger partial charge in [-0.1, -0.05) is 59.3 Å². The van der Waals surface area contributed by atoms with Gasteiger partial charge >= 0.3 is 0 Å². The van der Waals surface area contributed by atoms with Gasteiger partial charge in [-0.15, -0.1) is 23.5 Å². The maximum atomic E-state index is 10.5. The number of allylic oxidation sites excluding steroid dienone is 2. The van der Waals surface area contributed by atoms with E-state index in [1.165, 1.54) is 0 Å². The van der Waals surface area contributed by atoms with Gasteiger partial charge < -0.3 is 0 Å². The monoisotopic (exact) mass is 320 g/mol. The normalized spacial score (nSPS) is 18.3. The molecule has 0 atom stereocenters. The molecule has 0 N–H and O–H groups in total. The van der Waals surface area contributed by atoms with E-state index in [0.717, 1.165) is 17.1 Å². The summed E-state index contributed by atoms with van der Waals surface area (Å²) in [5.74, 6) is 14.4. The molecule has 1 heterocycles. The van der Waals surface area contributed by atoms with Crippen LogP contribution in [0.4, 0.5) is 0 Å². The molecule has 0 aromatic carbocycles. The molecule has 0 spiro atoms. The molecular formula is C18H24OS2. The summed E-state index contributed by atoms with van der Waals surface area (Å²) in [5.41, 5.74) is 0.921. The van der Waals surface area contributed by atoms with Crippen LogP contribution in [0.3, 0.4) is 0 Å². The van der Waals surface area contributed by atoms with Crippen molar-refractivity contribution in [3.05, 3.63) is 11.6 Å². The van der Waals surface area contributed by atoms with Crippen LogP contribution >= 0.6 is 23.5 Å². The van der Waals surface area contributed by atoms with Gasteiger partial charge in [0.25, 0.3) is 0 Å². The average Bonchev–Trinajstić information content (AvgIpc) is 2.81. The van der Waals surface area contributed by atoms with Crippen molar-refractivity contribution in [2.75, 3.05) is 11.5 Å². The zero-order valence-electron chi connectivity index (χ0n) is 13.8. The second-order valence-corrected chi connectivity index (χ2v) is 9.91. The summed E-state index contributed by atoms with van der Waals surface area (Å²) in [6.45, 7) is 13.0. The van der Waals surface area contributed by atoms with E-state index in [1.54, 1.807) is 0 Å². The largest absolute Gasteiger partial charge is 0.289 e. The first kappa shape index (κ1) is 18.3. The molecule has 0 radical (unpaired) electrons. The van der Waals surface area contributed by atoms with Crippen molar-refractivity contribution in [2.24, 2.45) is 10.8 Å². The zero-order chi connectivity index (χ0) is 16.1. The molecule has 0 unspecified atom stereocenters. The van der Waals surface area contributed by atoms with Crippen molar-refractivity contribution in [3.8, 4) is 23.7 Å². The second kappa shape index (κ2) is 6.99. The Morgan fingerprint density at radius 3 is 2.05 bits per heavy atom. The highest BCUT2D eigenvalue weighted by atomic mass is 32.2. The topological polar surface area (TPSA) is 17.1 Å². The van der Waals surface area contributed by atoms with Gasteiger partial charge in [0, 0.05) is 23.2 Å². The fourth-order valence-corrected chi connectivity index (χ4v) is 5.06. The Balaban J connectivity index is 3.13. The van der Waals surface area contributed by atoms with Gasteiger partial charge in [-0.25, -0.2) is 0 Å². The summed E-state index contributed by atoms with van der Waals surface area (Å²) in [5, 5.41) is 0. The highest BCUT2D eigenvalue weighted by Crippen LogP contribution is 2.54. The molecule has 0 aromatic heterocycles. The molecule has 3 heteroatoms. The van der Waals surface area contributed by atoms with Crippen LogP contribution in [0.1, 0.15) is 41.5 Å². The van der Waals surface area contributed by atoms with Crippen molar-refractivity contribution in [2.45, 2.75) is 45.6 Å². The van der Waals surface area contributed by atoms with Crippen LogP contribution in [0, 0.1) is 34.5 Å². The quantitative estimate of drug-likeness (QED) is 0.487. The third kappa shape index (κ3) is 4.87. The molecule has 0 aliphatic carbocycles. The summed E-state index contributed by atoms with van der Waals surface area (Å²) < 4.78 is -0.0510. The number of hydrogen-bond donors (Lipinski definition) is 0.